The van der Waals surface area contributed by atoms with Crippen molar-refractivity contribution in [2.75, 3.05) is 0 Å². The monoisotopic (exact) mass is 312 g/mol. The molecule has 0 amide bonds. The van der Waals surface area contributed by atoms with Crippen LogP contribution < -0.4 is 0 Å². The summed E-state index contributed by atoms with van der Waals surface area (Å²) in [6.45, 7) is 0. The summed E-state index contributed by atoms with van der Waals surface area (Å²) in [5.41, 5.74) is 1.45. The second kappa shape index (κ2) is 5.32. The predicted octanol–water partition coefficient (Wildman–Crippen LogP) is 6.06. The normalized spacial score (nSPS) is 16.9. The Labute approximate surface area is 131 Å². The molecular formula is C17H12S3. The van der Waals surface area contributed by atoms with Gasteiger partial charge in [0.1, 0.15) is 0 Å². The van der Waals surface area contributed by atoms with E-state index in [1.165, 1.54) is 24.5 Å². The van der Waals surface area contributed by atoms with Crippen LogP contribution in [-0.2, 0) is 0 Å². The fraction of sp³-hybridized carbons (Fsp3) is 0.0588. The largest absolute Gasteiger partial charge is 0.144 e. The zero-order valence-corrected chi connectivity index (χ0v) is 13.1. The Bertz CT molecular complexity index is 681. The van der Waals surface area contributed by atoms with E-state index in [2.05, 4.69) is 66.1 Å². The Hall–Kier alpha value is -1.16. The van der Waals surface area contributed by atoms with Crippen LogP contribution in [0, 0.1) is 5.92 Å². The van der Waals surface area contributed by atoms with E-state index in [1.807, 2.05) is 34.9 Å². The zero-order valence-electron chi connectivity index (χ0n) is 10.7. The van der Waals surface area contributed by atoms with Crippen molar-refractivity contribution < 1.29 is 0 Å². The Morgan fingerprint density at radius 2 is 1.55 bits per heavy atom. The van der Waals surface area contributed by atoms with Gasteiger partial charge >= 0.3 is 0 Å². The maximum atomic E-state index is 2.28. The minimum Gasteiger partial charge on any atom is -0.144 e. The van der Waals surface area contributed by atoms with Crippen molar-refractivity contribution in [2.24, 2.45) is 5.92 Å². The van der Waals surface area contributed by atoms with Gasteiger partial charge in [-0.2, -0.15) is 0 Å². The molecule has 1 aliphatic carbocycles. The average Bonchev–Trinajstić information content (AvgIpc) is 3.21. The standard InChI is InChI=1S/C17H12S3/c1-2-7-12(6-1)16(15-10-5-11-18-15)17-19-13-8-3-4-9-14(13)20-17/h1-12H. The Kier molecular flexibility index (Phi) is 3.34. The van der Waals surface area contributed by atoms with Crippen molar-refractivity contribution in [3.63, 3.8) is 0 Å². The summed E-state index contributed by atoms with van der Waals surface area (Å²) < 4.78 is 1.43. The Morgan fingerprint density at radius 1 is 0.850 bits per heavy atom. The molecule has 3 heteroatoms. The molecule has 0 bridgehead atoms. The first-order valence-electron chi connectivity index (χ1n) is 6.49. The van der Waals surface area contributed by atoms with Gasteiger partial charge in [-0.3, -0.25) is 0 Å². The van der Waals surface area contributed by atoms with E-state index in [-0.39, 0.29) is 0 Å². The van der Waals surface area contributed by atoms with Gasteiger partial charge in [-0.05, 0) is 23.6 Å². The summed E-state index contributed by atoms with van der Waals surface area (Å²) in [4.78, 5) is 4.15. The first-order chi connectivity index (χ1) is 9.92. The molecule has 0 atom stereocenters. The lowest BCUT2D eigenvalue weighted by Crippen LogP contribution is -1.94. The molecule has 0 N–H and O–H groups in total. The van der Waals surface area contributed by atoms with Gasteiger partial charge < -0.3 is 0 Å². The van der Waals surface area contributed by atoms with Crippen LogP contribution in [0.3, 0.4) is 0 Å². The molecular weight excluding hydrogens is 300 g/mol. The molecule has 0 fully saturated rings. The van der Waals surface area contributed by atoms with Gasteiger partial charge in [-0.25, -0.2) is 0 Å². The second-order valence-electron chi connectivity index (χ2n) is 4.62. The highest BCUT2D eigenvalue weighted by molar-refractivity contribution is 8.25. The number of allylic oxidation sites excluding steroid dienone is 5. The number of hydrogen-bond acceptors (Lipinski definition) is 3. The van der Waals surface area contributed by atoms with E-state index >= 15 is 0 Å². The van der Waals surface area contributed by atoms with E-state index in [4.69, 9.17) is 0 Å². The number of benzene rings is 1. The van der Waals surface area contributed by atoms with Gasteiger partial charge in [0, 0.05) is 26.2 Å². The quantitative estimate of drug-likeness (QED) is 0.661. The molecule has 1 aromatic heterocycles. The lowest BCUT2D eigenvalue weighted by atomic mass is 10.0. The van der Waals surface area contributed by atoms with Crippen molar-refractivity contribution in [3.05, 3.63) is 75.2 Å². The fourth-order valence-corrected chi connectivity index (χ4v) is 6.06. The highest BCUT2D eigenvalue weighted by Gasteiger charge is 2.25. The summed E-state index contributed by atoms with van der Waals surface area (Å²) in [7, 11) is 0. The van der Waals surface area contributed by atoms with Crippen LogP contribution >= 0.6 is 34.9 Å². The summed E-state index contributed by atoms with van der Waals surface area (Å²) >= 11 is 5.65. The van der Waals surface area contributed by atoms with Gasteiger partial charge in [0.2, 0.25) is 0 Å². The summed E-state index contributed by atoms with van der Waals surface area (Å²) in [6, 6.07) is 13.0. The fourth-order valence-electron chi connectivity index (χ4n) is 2.41. The molecule has 1 aliphatic heterocycles. The van der Waals surface area contributed by atoms with Crippen molar-refractivity contribution in [2.45, 2.75) is 9.79 Å². The van der Waals surface area contributed by atoms with Crippen molar-refractivity contribution in [1.82, 2.24) is 0 Å². The molecule has 1 aromatic carbocycles. The molecule has 0 spiro atoms. The molecule has 0 nitrogen and oxygen atoms in total. The lowest BCUT2D eigenvalue weighted by molar-refractivity contribution is 1.13. The summed E-state index contributed by atoms with van der Waals surface area (Å²) in [5, 5.41) is 2.16. The average molecular weight is 312 g/mol. The van der Waals surface area contributed by atoms with E-state index in [0.29, 0.717) is 5.92 Å². The molecule has 2 aliphatic rings. The molecule has 4 rings (SSSR count). The SMILES string of the molecule is C1=CC(C(=C2Sc3ccccc3S2)c2cccs2)C=C1. The molecule has 2 aromatic rings. The number of fused-ring (bicyclic) bond motifs is 1. The van der Waals surface area contributed by atoms with Crippen molar-refractivity contribution >= 4 is 40.4 Å². The molecule has 2 heterocycles. The van der Waals surface area contributed by atoms with Gasteiger partial charge in [0.25, 0.3) is 0 Å². The molecule has 0 saturated heterocycles. The van der Waals surface area contributed by atoms with Crippen LogP contribution in [-0.4, -0.2) is 0 Å². The number of thiophene rings is 1. The van der Waals surface area contributed by atoms with Gasteiger partial charge in [-0.1, -0.05) is 66.0 Å². The van der Waals surface area contributed by atoms with E-state index < -0.39 is 0 Å². The van der Waals surface area contributed by atoms with Gasteiger partial charge in [0.15, 0.2) is 0 Å². The summed E-state index contributed by atoms with van der Waals surface area (Å²) in [6.07, 6.45) is 8.87. The minimum absolute atomic E-state index is 0.415. The van der Waals surface area contributed by atoms with Crippen LogP contribution in [0.5, 0.6) is 0 Å². The van der Waals surface area contributed by atoms with E-state index in [0.717, 1.165) is 0 Å². The Balaban J connectivity index is 1.82. The van der Waals surface area contributed by atoms with Crippen LogP contribution in [0.15, 0.2) is 80.1 Å². The molecule has 0 unspecified atom stereocenters. The first-order valence-corrected chi connectivity index (χ1v) is 9.01. The van der Waals surface area contributed by atoms with Gasteiger partial charge in [-0.15, -0.1) is 11.3 Å². The van der Waals surface area contributed by atoms with Crippen molar-refractivity contribution in [3.8, 4) is 0 Å². The maximum Gasteiger partial charge on any atom is 0.0554 e. The van der Waals surface area contributed by atoms with E-state index in [1.54, 1.807) is 0 Å². The number of rotatable bonds is 2. The minimum atomic E-state index is 0.415. The maximum absolute atomic E-state index is 2.28. The van der Waals surface area contributed by atoms with Gasteiger partial charge in [0.05, 0.1) is 4.24 Å². The Morgan fingerprint density at radius 3 is 2.15 bits per heavy atom. The molecule has 20 heavy (non-hydrogen) atoms. The van der Waals surface area contributed by atoms with Crippen LogP contribution in [0.4, 0.5) is 0 Å². The third-order valence-electron chi connectivity index (χ3n) is 3.34. The predicted molar refractivity (Wildman–Crippen MR) is 91.2 cm³/mol. The molecule has 98 valence electrons. The topological polar surface area (TPSA) is 0 Å². The number of thioether (sulfide) groups is 2. The van der Waals surface area contributed by atoms with Crippen molar-refractivity contribution in [1.29, 1.82) is 0 Å². The second-order valence-corrected chi connectivity index (χ2v) is 7.94. The highest BCUT2D eigenvalue weighted by Crippen LogP contribution is 2.55. The smallest absolute Gasteiger partial charge is 0.0554 e. The first kappa shape index (κ1) is 12.6. The van der Waals surface area contributed by atoms with Crippen LogP contribution in [0.25, 0.3) is 5.57 Å². The highest BCUT2D eigenvalue weighted by atomic mass is 32.2. The zero-order chi connectivity index (χ0) is 13.4. The van der Waals surface area contributed by atoms with Crippen LogP contribution in [0.2, 0.25) is 0 Å². The third-order valence-corrected chi connectivity index (χ3v) is 6.84. The molecule has 0 saturated carbocycles. The lowest BCUT2D eigenvalue weighted by Gasteiger charge is -2.13. The van der Waals surface area contributed by atoms with Crippen LogP contribution in [0.1, 0.15) is 4.88 Å². The number of hydrogen-bond donors (Lipinski definition) is 0. The summed E-state index contributed by atoms with van der Waals surface area (Å²) in [5.74, 6) is 0.415. The third kappa shape index (κ3) is 2.20. The van der Waals surface area contributed by atoms with E-state index in [9.17, 15) is 0 Å². The molecule has 0 radical (unpaired) electrons.